The maximum absolute atomic E-state index is 12.7. The number of rotatable bonds is 4. The molecular weight excluding hydrogens is 374 g/mol. The summed E-state index contributed by atoms with van der Waals surface area (Å²) in [5.74, 6) is 0.742. The van der Waals surface area contributed by atoms with Crippen molar-refractivity contribution in [1.29, 1.82) is 0 Å². The number of halogens is 1. The van der Waals surface area contributed by atoms with Crippen LogP contribution >= 0.6 is 11.6 Å². The molecule has 4 rings (SSSR count). The van der Waals surface area contributed by atoms with Crippen LogP contribution in [0.5, 0.6) is 5.75 Å². The van der Waals surface area contributed by atoms with Crippen molar-refractivity contribution in [3.05, 3.63) is 69.9 Å². The van der Waals surface area contributed by atoms with E-state index in [0.29, 0.717) is 18.1 Å². The van der Waals surface area contributed by atoms with Gasteiger partial charge in [0.15, 0.2) is 6.61 Å². The molecule has 2 heterocycles. The van der Waals surface area contributed by atoms with Gasteiger partial charge in [-0.15, -0.1) is 0 Å². The Balaban J connectivity index is 1.47. The van der Waals surface area contributed by atoms with Gasteiger partial charge < -0.3 is 9.64 Å². The van der Waals surface area contributed by atoms with Gasteiger partial charge in [0.05, 0.1) is 5.69 Å². The lowest BCUT2D eigenvalue weighted by Crippen LogP contribution is -2.38. The molecule has 0 radical (unpaired) electrons. The molecule has 1 amide bonds. The highest BCUT2D eigenvalue weighted by atomic mass is 35.5. The van der Waals surface area contributed by atoms with Crippen LogP contribution < -0.4 is 4.74 Å². The molecule has 1 aliphatic rings. The number of aromatic amines is 1. The van der Waals surface area contributed by atoms with E-state index in [9.17, 15) is 4.79 Å². The van der Waals surface area contributed by atoms with Gasteiger partial charge >= 0.3 is 0 Å². The minimum Gasteiger partial charge on any atom is -0.483 e. The Labute approximate surface area is 169 Å². The van der Waals surface area contributed by atoms with Crippen molar-refractivity contribution in [2.45, 2.75) is 26.8 Å². The van der Waals surface area contributed by atoms with Crippen molar-refractivity contribution in [3.8, 4) is 17.0 Å². The van der Waals surface area contributed by atoms with Crippen LogP contribution in [0.15, 0.2) is 42.5 Å². The number of benzene rings is 2. The maximum atomic E-state index is 12.7. The van der Waals surface area contributed by atoms with Gasteiger partial charge in [-0.1, -0.05) is 35.9 Å². The predicted octanol–water partition coefficient (Wildman–Crippen LogP) is 4.31. The summed E-state index contributed by atoms with van der Waals surface area (Å²) >= 11 is 5.99. The van der Waals surface area contributed by atoms with Crippen LogP contribution in [0, 0.1) is 13.8 Å². The van der Waals surface area contributed by atoms with Crippen LogP contribution in [0.4, 0.5) is 0 Å². The number of nitrogens with zero attached hydrogens (tertiary/aromatic N) is 2. The van der Waals surface area contributed by atoms with E-state index < -0.39 is 0 Å². The summed E-state index contributed by atoms with van der Waals surface area (Å²) in [6.07, 6.45) is 0.755. The molecule has 3 aromatic rings. The monoisotopic (exact) mass is 395 g/mol. The number of hydrogen-bond acceptors (Lipinski definition) is 3. The molecule has 1 aliphatic heterocycles. The molecule has 0 unspecified atom stereocenters. The fourth-order valence-electron chi connectivity index (χ4n) is 3.47. The number of nitrogens with one attached hydrogen (secondary N) is 1. The molecule has 2 aromatic carbocycles. The summed E-state index contributed by atoms with van der Waals surface area (Å²) < 4.78 is 5.80. The highest BCUT2D eigenvalue weighted by Gasteiger charge is 2.26. The Hall–Kier alpha value is -2.79. The number of H-pyrrole nitrogens is 1. The zero-order valence-electron chi connectivity index (χ0n) is 16.0. The number of aryl methyl sites for hydroxylation is 1. The van der Waals surface area contributed by atoms with Gasteiger partial charge in [0.25, 0.3) is 5.91 Å². The Kier molecular flexibility index (Phi) is 5.09. The molecule has 0 saturated carbocycles. The Morgan fingerprint density at radius 1 is 1.21 bits per heavy atom. The summed E-state index contributed by atoms with van der Waals surface area (Å²) in [4.78, 5) is 14.6. The summed E-state index contributed by atoms with van der Waals surface area (Å²) in [6, 6.07) is 13.5. The van der Waals surface area contributed by atoms with E-state index in [1.54, 1.807) is 0 Å². The number of amides is 1. The Morgan fingerprint density at radius 3 is 2.79 bits per heavy atom. The first-order chi connectivity index (χ1) is 13.5. The number of hydrogen-bond donors (Lipinski definition) is 1. The fraction of sp³-hybridized carbons (Fsp3) is 0.273. The van der Waals surface area contributed by atoms with Gasteiger partial charge in [0.2, 0.25) is 0 Å². The van der Waals surface area contributed by atoms with Crippen LogP contribution in [0.1, 0.15) is 22.4 Å². The number of carbonyl (C=O) groups excluding carboxylic acids is 1. The van der Waals surface area contributed by atoms with Crippen molar-refractivity contribution in [1.82, 2.24) is 15.1 Å². The second kappa shape index (κ2) is 7.68. The molecule has 0 atom stereocenters. The second-order valence-electron chi connectivity index (χ2n) is 7.09. The van der Waals surface area contributed by atoms with E-state index in [-0.39, 0.29) is 12.5 Å². The SMILES string of the molecule is Cc1cccc(OCC(=O)N2CCc3[nH]nc(-c4ccc(Cl)cc4)c3C2)c1C. The van der Waals surface area contributed by atoms with Crippen molar-refractivity contribution in [3.63, 3.8) is 0 Å². The highest BCUT2D eigenvalue weighted by molar-refractivity contribution is 6.30. The summed E-state index contributed by atoms with van der Waals surface area (Å²) in [7, 11) is 0. The molecule has 0 saturated heterocycles. The van der Waals surface area contributed by atoms with Crippen molar-refractivity contribution < 1.29 is 9.53 Å². The Morgan fingerprint density at radius 2 is 2.00 bits per heavy atom. The lowest BCUT2D eigenvalue weighted by atomic mass is 10.0. The molecule has 1 N–H and O–H groups in total. The summed E-state index contributed by atoms with van der Waals surface area (Å²) in [6.45, 7) is 5.26. The van der Waals surface area contributed by atoms with Crippen LogP contribution in [-0.4, -0.2) is 34.2 Å². The topological polar surface area (TPSA) is 58.2 Å². The van der Waals surface area contributed by atoms with E-state index in [2.05, 4.69) is 10.2 Å². The zero-order valence-corrected chi connectivity index (χ0v) is 16.7. The van der Waals surface area contributed by atoms with Crippen LogP contribution in [0.3, 0.4) is 0 Å². The van der Waals surface area contributed by atoms with Gasteiger partial charge in [-0.05, 0) is 43.2 Å². The molecule has 144 valence electrons. The van der Waals surface area contributed by atoms with Gasteiger partial charge in [-0.3, -0.25) is 9.89 Å². The average molecular weight is 396 g/mol. The molecular formula is C22H22ClN3O2. The third-order valence-electron chi connectivity index (χ3n) is 5.31. The highest BCUT2D eigenvalue weighted by Crippen LogP contribution is 2.29. The molecule has 6 heteroatoms. The number of aromatic nitrogens is 2. The van der Waals surface area contributed by atoms with Crippen molar-refractivity contribution >= 4 is 17.5 Å². The van der Waals surface area contributed by atoms with Gasteiger partial charge in [-0.25, -0.2) is 0 Å². The number of fused-ring (bicyclic) bond motifs is 1. The standard InChI is InChI=1S/C22H22ClN3O2/c1-14-4-3-5-20(15(14)2)28-13-21(27)26-11-10-19-18(12-26)22(25-24-19)16-6-8-17(23)9-7-16/h3-9H,10-13H2,1-2H3,(H,24,25). The third-order valence-corrected chi connectivity index (χ3v) is 5.56. The fourth-order valence-corrected chi connectivity index (χ4v) is 3.59. The summed E-state index contributed by atoms with van der Waals surface area (Å²) in [5, 5.41) is 8.28. The first kappa shape index (κ1) is 18.6. The molecule has 1 aromatic heterocycles. The smallest absolute Gasteiger partial charge is 0.260 e. The van der Waals surface area contributed by atoms with Gasteiger partial charge in [0, 0.05) is 41.4 Å². The summed E-state index contributed by atoms with van der Waals surface area (Å²) in [5.41, 5.74) is 6.23. The lowest BCUT2D eigenvalue weighted by molar-refractivity contribution is -0.134. The molecule has 0 aliphatic carbocycles. The van der Waals surface area contributed by atoms with Crippen LogP contribution in [-0.2, 0) is 17.8 Å². The van der Waals surface area contributed by atoms with Crippen LogP contribution in [0.2, 0.25) is 5.02 Å². The first-order valence-corrected chi connectivity index (χ1v) is 9.69. The lowest BCUT2D eigenvalue weighted by Gasteiger charge is -2.27. The molecule has 0 bridgehead atoms. The number of carbonyl (C=O) groups is 1. The number of ether oxygens (including phenoxy) is 1. The van der Waals surface area contributed by atoms with Crippen LogP contribution in [0.25, 0.3) is 11.3 Å². The Bertz CT molecular complexity index is 1010. The van der Waals surface area contributed by atoms with Crippen molar-refractivity contribution in [2.24, 2.45) is 0 Å². The first-order valence-electron chi connectivity index (χ1n) is 9.32. The molecule has 5 nitrogen and oxygen atoms in total. The quantitative estimate of drug-likeness (QED) is 0.716. The minimum atomic E-state index is -0.0187. The average Bonchev–Trinajstić information content (AvgIpc) is 3.12. The normalized spacial score (nSPS) is 13.3. The van der Waals surface area contributed by atoms with E-state index in [0.717, 1.165) is 45.8 Å². The largest absolute Gasteiger partial charge is 0.483 e. The van der Waals surface area contributed by atoms with Crippen molar-refractivity contribution in [2.75, 3.05) is 13.2 Å². The molecule has 0 spiro atoms. The third kappa shape index (κ3) is 3.62. The van der Waals surface area contributed by atoms with E-state index in [1.165, 1.54) is 0 Å². The van der Waals surface area contributed by atoms with Gasteiger partial charge in [0.1, 0.15) is 5.75 Å². The zero-order chi connectivity index (χ0) is 19.7. The molecule has 28 heavy (non-hydrogen) atoms. The maximum Gasteiger partial charge on any atom is 0.260 e. The van der Waals surface area contributed by atoms with E-state index in [1.807, 2.05) is 61.2 Å². The molecule has 0 fully saturated rings. The minimum absolute atomic E-state index is 0.0187. The van der Waals surface area contributed by atoms with E-state index >= 15 is 0 Å². The van der Waals surface area contributed by atoms with Gasteiger partial charge in [-0.2, -0.15) is 5.10 Å². The van der Waals surface area contributed by atoms with E-state index in [4.69, 9.17) is 16.3 Å². The predicted molar refractivity (Wildman–Crippen MR) is 110 cm³/mol. The second-order valence-corrected chi connectivity index (χ2v) is 7.52.